The fourth-order valence-corrected chi connectivity index (χ4v) is 3.63. The molecule has 0 aliphatic carbocycles. The fraction of sp³-hybridized carbons (Fsp3) is 0.154. The average molecular weight is 374 g/mol. The molecular formula is C13H13BrFN3O2S. The minimum Gasteiger partial charge on any atom is -0.326 e. The molecule has 0 saturated carbocycles. The van der Waals surface area contributed by atoms with Crippen molar-refractivity contribution in [1.29, 1.82) is 0 Å². The zero-order chi connectivity index (χ0) is 15.6. The van der Waals surface area contributed by atoms with Crippen molar-refractivity contribution in [2.75, 3.05) is 4.72 Å². The molecule has 0 amide bonds. The van der Waals surface area contributed by atoms with Gasteiger partial charge in [0.25, 0.3) is 10.0 Å². The van der Waals surface area contributed by atoms with Gasteiger partial charge in [0.15, 0.2) is 0 Å². The van der Waals surface area contributed by atoms with Gasteiger partial charge in [-0.05, 0) is 31.2 Å². The van der Waals surface area contributed by atoms with E-state index in [1.165, 1.54) is 24.4 Å². The minimum atomic E-state index is -4.05. The lowest BCUT2D eigenvalue weighted by Crippen LogP contribution is -2.16. The summed E-state index contributed by atoms with van der Waals surface area (Å²) in [4.78, 5) is 3.52. The van der Waals surface area contributed by atoms with E-state index in [0.29, 0.717) is 15.9 Å². The van der Waals surface area contributed by atoms with Crippen LogP contribution in [0.3, 0.4) is 0 Å². The Hall–Kier alpha value is -1.51. The van der Waals surface area contributed by atoms with Gasteiger partial charge in [0.1, 0.15) is 10.7 Å². The SMILES string of the molecule is Cc1cc(NS(=O)(=O)c2cc(Br)cc(CN)c2F)ccn1. The zero-order valence-electron chi connectivity index (χ0n) is 11.1. The molecule has 0 radical (unpaired) electrons. The van der Waals surface area contributed by atoms with Crippen molar-refractivity contribution in [3.63, 3.8) is 0 Å². The van der Waals surface area contributed by atoms with Crippen molar-refractivity contribution < 1.29 is 12.8 Å². The maximum Gasteiger partial charge on any atom is 0.264 e. The fourth-order valence-electron chi connectivity index (χ4n) is 1.78. The highest BCUT2D eigenvalue weighted by Gasteiger charge is 2.22. The Kier molecular flexibility index (Phi) is 4.60. The number of anilines is 1. The summed E-state index contributed by atoms with van der Waals surface area (Å²) in [7, 11) is -4.05. The number of aryl methyl sites for hydroxylation is 1. The standard InChI is InChI=1S/C13H13BrFN3O2S/c1-8-4-11(2-3-17-8)18-21(19,20)12-6-10(14)5-9(7-16)13(12)15/h2-6H,7,16H2,1H3,(H,17,18). The highest BCUT2D eigenvalue weighted by atomic mass is 79.9. The summed E-state index contributed by atoms with van der Waals surface area (Å²) in [5, 5.41) is 0. The van der Waals surface area contributed by atoms with Crippen LogP contribution in [0.4, 0.5) is 10.1 Å². The number of hydrogen-bond acceptors (Lipinski definition) is 4. The molecular weight excluding hydrogens is 361 g/mol. The molecule has 2 aromatic rings. The number of nitrogens with two attached hydrogens (primary N) is 1. The summed E-state index contributed by atoms with van der Waals surface area (Å²) >= 11 is 3.15. The van der Waals surface area contributed by atoms with Gasteiger partial charge < -0.3 is 5.73 Å². The Labute approximate surface area is 130 Å². The third kappa shape index (κ3) is 3.58. The zero-order valence-corrected chi connectivity index (χ0v) is 13.5. The lowest BCUT2D eigenvalue weighted by Gasteiger charge is -2.11. The van der Waals surface area contributed by atoms with Crippen LogP contribution in [0.1, 0.15) is 11.3 Å². The van der Waals surface area contributed by atoms with Crippen molar-refractivity contribution >= 4 is 31.6 Å². The van der Waals surface area contributed by atoms with Crippen molar-refractivity contribution in [2.24, 2.45) is 5.73 Å². The predicted molar refractivity (Wildman–Crippen MR) is 81.8 cm³/mol. The molecule has 2 rings (SSSR count). The van der Waals surface area contributed by atoms with E-state index >= 15 is 0 Å². The van der Waals surface area contributed by atoms with Crippen molar-refractivity contribution in [3.8, 4) is 0 Å². The van der Waals surface area contributed by atoms with Gasteiger partial charge in [-0.3, -0.25) is 9.71 Å². The van der Waals surface area contributed by atoms with Crippen molar-refractivity contribution in [1.82, 2.24) is 4.98 Å². The molecule has 0 saturated heterocycles. The molecule has 1 heterocycles. The second-order valence-electron chi connectivity index (χ2n) is 4.37. The van der Waals surface area contributed by atoms with Gasteiger partial charge >= 0.3 is 0 Å². The summed E-state index contributed by atoms with van der Waals surface area (Å²) in [6.07, 6.45) is 1.47. The van der Waals surface area contributed by atoms with Crippen LogP contribution in [-0.2, 0) is 16.6 Å². The summed E-state index contributed by atoms with van der Waals surface area (Å²) in [6.45, 7) is 1.63. The first kappa shape index (κ1) is 15.9. The predicted octanol–water partition coefficient (Wildman–Crippen LogP) is 2.55. The largest absolute Gasteiger partial charge is 0.326 e. The highest BCUT2D eigenvalue weighted by Crippen LogP contribution is 2.25. The first-order valence-electron chi connectivity index (χ1n) is 5.97. The Morgan fingerprint density at radius 2 is 2.10 bits per heavy atom. The van der Waals surface area contributed by atoms with Gasteiger partial charge in [-0.25, -0.2) is 12.8 Å². The number of benzene rings is 1. The Bertz CT molecular complexity index is 781. The van der Waals surface area contributed by atoms with E-state index in [1.54, 1.807) is 13.0 Å². The third-order valence-corrected chi connectivity index (χ3v) is 4.58. The average Bonchev–Trinajstić information content (AvgIpc) is 2.40. The number of aromatic nitrogens is 1. The van der Waals surface area contributed by atoms with Crippen molar-refractivity contribution in [2.45, 2.75) is 18.4 Å². The molecule has 0 bridgehead atoms. The lowest BCUT2D eigenvalue weighted by molar-refractivity contribution is 0.560. The Balaban J connectivity index is 2.47. The monoisotopic (exact) mass is 373 g/mol. The van der Waals surface area contributed by atoms with Gasteiger partial charge in [-0.15, -0.1) is 0 Å². The molecule has 1 aromatic carbocycles. The summed E-state index contributed by atoms with van der Waals surface area (Å²) in [5.41, 5.74) is 6.50. The summed E-state index contributed by atoms with van der Waals surface area (Å²) in [6, 6.07) is 5.69. The number of halogens is 2. The molecule has 0 aliphatic heterocycles. The number of pyridine rings is 1. The number of nitrogens with zero attached hydrogens (tertiary/aromatic N) is 1. The third-order valence-electron chi connectivity index (χ3n) is 2.74. The van der Waals surface area contributed by atoms with Crippen LogP contribution in [0.15, 0.2) is 39.8 Å². The van der Waals surface area contributed by atoms with E-state index < -0.39 is 20.7 Å². The van der Waals surface area contributed by atoms with E-state index in [1.807, 2.05) is 0 Å². The smallest absolute Gasteiger partial charge is 0.264 e. The van der Waals surface area contributed by atoms with E-state index in [-0.39, 0.29) is 12.1 Å². The van der Waals surface area contributed by atoms with Gasteiger partial charge in [-0.1, -0.05) is 15.9 Å². The quantitative estimate of drug-likeness (QED) is 0.862. The molecule has 0 spiro atoms. The van der Waals surface area contributed by atoms with Gasteiger partial charge in [-0.2, -0.15) is 0 Å². The maximum atomic E-state index is 14.2. The minimum absolute atomic E-state index is 0.0951. The molecule has 21 heavy (non-hydrogen) atoms. The number of rotatable bonds is 4. The number of sulfonamides is 1. The van der Waals surface area contributed by atoms with E-state index in [2.05, 4.69) is 25.6 Å². The van der Waals surface area contributed by atoms with Gasteiger partial charge in [0.05, 0.1) is 5.69 Å². The molecule has 3 N–H and O–H groups in total. The molecule has 112 valence electrons. The normalized spacial score (nSPS) is 11.4. The molecule has 0 aliphatic rings. The number of hydrogen-bond donors (Lipinski definition) is 2. The highest BCUT2D eigenvalue weighted by molar-refractivity contribution is 9.10. The van der Waals surface area contributed by atoms with Crippen LogP contribution < -0.4 is 10.5 Å². The van der Waals surface area contributed by atoms with Crippen LogP contribution in [0.2, 0.25) is 0 Å². The van der Waals surface area contributed by atoms with E-state index in [0.717, 1.165) is 0 Å². The van der Waals surface area contributed by atoms with Crippen LogP contribution in [0.5, 0.6) is 0 Å². The maximum absolute atomic E-state index is 14.2. The molecule has 8 heteroatoms. The second kappa shape index (κ2) is 6.08. The first-order chi connectivity index (χ1) is 9.83. The van der Waals surface area contributed by atoms with E-state index in [4.69, 9.17) is 5.73 Å². The molecule has 1 aromatic heterocycles. The second-order valence-corrected chi connectivity index (χ2v) is 6.94. The Morgan fingerprint density at radius 1 is 1.38 bits per heavy atom. The molecule has 0 unspecified atom stereocenters. The lowest BCUT2D eigenvalue weighted by atomic mass is 10.2. The van der Waals surface area contributed by atoms with E-state index in [9.17, 15) is 12.8 Å². The van der Waals surface area contributed by atoms with Gasteiger partial charge in [0, 0.05) is 28.5 Å². The van der Waals surface area contributed by atoms with Crippen LogP contribution in [0.25, 0.3) is 0 Å². The number of nitrogens with one attached hydrogen (secondary N) is 1. The van der Waals surface area contributed by atoms with Crippen LogP contribution >= 0.6 is 15.9 Å². The molecule has 5 nitrogen and oxygen atoms in total. The Morgan fingerprint density at radius 3 is 2.71 bits per heavy atom. The van der Waals surface area contributed by atoms with Crippen LogP contribution in [0, 0.1) is 12.7 Å². The molecule has 0 atom stereocenters. The topological polar surface area (TPSA) is 85.1 Å². The summed E-state index contributed by atoms with van der Waals surface area (Å²) in [5.74, 6) is -0.848. The first-order valence-corrected chi connectivity index (χ1v) is 8.24. The van der Waals surface area contributed by atoms with Crippen LogP contribution in [-0.4, -0.2) is 13.4 Å². The molecule has 0 fully saturated rings. The van der Waals surface area contributed by atoms with Crippen molar-refractivity contribution in [3.05, 3.63) is 52.0 Å². The summed E-state index contributed by atoms with van der Waals surface area (Å²) < 4.78 is 41.6. The van der Waals surface area contributed by atoms with Gasteiger partial charge in [0.2, 0.25) is 0 Å².